The van der Waals surface area contributed by atoms with Crippen LogP contribution in [0, 0.1) is 0 Å². The van der Waals surface area contributed by atoms with E-state index in [1.165, 1.54) is 0 Å². The normalized spacial score (nSPS) is 11.8. The van der Waals surface area contributed by atoms with Gasteiger partial charge in [0.25, 0.3) is 0 Å². The van der Waals surface area contributed by atoms with Gasteiger partial charge in [-0.1, -0.05) is 6.92 Å². The van der Waals surface area contributed by atoms with Crippen molar-refractivity contribution in [3.63, 3.8) is 0 Å². The van der Waals surface area contributed by atoms with Gasteiger partial charge in [0.2, 0.25) is 11.8 Å². The molecule has 0 radical (unpaired) electrons. The smallest absolute Gasteiger partial charge is 0.245 e. The van der Waals surface area contributed by atoms with E-state index in [2.05, 4.69) is 10.3 Å². The van der Waals surface area contributed by atoms with Crippen molar-refractivity contribution < 1.29 is 9.59 Å². The second-order valence-corrected chi connectivity index (χ2v) is 5.79. The van der Waals surface area contributed by atoms with Crippen LogP contribution in [0.5, 0.6) is 0 Å². The minimum Gasteiger partial charge on any atom is -0.344 e. The maximum absolute atomic E-state index is 12.5. The zero-order valence-corrected chi connectivity index (χ0v) is 13.7. The van der Waals surface area contributed by atoms with Crippen LogP contribution in [0.15, 0.2) is 24.5 Å². The second kappa shape index (κ2) is 9.39. The standard InChI is InChI=1S/C15H23N3O2S/c1-4-14(19)17-13(7-10-21-3)15(20)18(2)11-12-5-8-16-9-6-12/h5-6,8-9,13H,4,7,10-11H2,1-3H3,(H,17,19)/t13-/m1/s1. The van der Waals surface area contributed by atoms with E-state index in [4.69, 9.17) is 0 Å². The largest absolute Gasteiger partial charge is 0.344 e. The molecule has 1 heterocycles. The molecule has 0 unspecified atom stereocenters. The summed E-state index contributed by atoms with van der Waals surface area (Å²) < 4.78 is 0. The number of carbonyl (C=O) groups excluding carboxylic acids is 2. The third-order valence-corrected chi connectivity index (χ3v) is 3.75. The van der Waals surface area contributed by atoms with Crippen LogP contribution in [0.25, 0.3) is 0 Å². The van der Waals surface area contributed by atoms with Crippen LogP contribution < -0.4 is 5.32 Å². The summed E-state index contributed by atoms with van der Waals surface area (Å²) in [5.41, 5.74) is 1.02. The third-order valence-electron chi connectivity index (χ3n) is 3.11. The third kappa shape index (κ3) is 6.16. The van der Waals surface area contributed by atoms with Gasteiger partial charge >= 0.3 is 0 Å². The molecule has 0 aromatic carbocycles. The number of carbonyl (C=O) groups is 2. The summed E-state index contributed by atoms with van der Waals surface area (Å²) in [7, 11) is 1.76. The van der Waals surface area contributed by atoms with Crippen LogP contribution in [-0.2, 0) is 16.1 Å². The summed E-state index contributed by atoms with van der Waals surface area (Å²) >= 11 is 1.67. The number of nitrogens with zero attached hydrogens (tertiary/aromatic N) is 2. The van der Waals surface area contributed by atoms with Crippen LogP contribution in [-0.4, -0.2) is 46.8 Å². The van der Waals surface area contributed by atoms with E-state index in [9.17, 15) is 9.59 Å². The van der Waals surface area contributed by atoms with Crippen molar-refractivity contribution in [2.45, 2.75) is 32.4 Å². The van der Waals surface area contributed by atoms with Gasteiger partial charge in [0.05, 0.1) is 0 Å². The van der Waals surface area contributed by atoms with Crippen molar-refractivity contribution in [3.05, 3.63) is 30.1 Å². The highest BCUT2D eigenvalue weighted by molar-refractivity contribution is 7.98. The molecule has 0 saturated heterocycles. The van der Waals surface area contributed by atoms with E-state index in [-0.39, 0.29) is 11.8 Å². The number of hydrogen-bond acceptors (Lipinski definition) is 4. The fraction of sp³-hybridized carbons (Fsp3) is 0.533. The van der Waals surface area contributed by atoms with E-state index in [1.807, 2.05) is 18.4 Å². The molecule has 21 heavy (non-hydrogen) atoms. The molecule has 0 aliphatic rings. The Morgan fingerprint density at radius 3 is 2.62 bits per heavy atom. The van der Waals surface area contributed by atoms with Gasteiger partial charge in [-0.05, 0) is 36.1 Å². The molecule has 5 nitrogen and oxygen atoms in total. The first-order chi connectivity index (χ1) is 10.1. The molecular weight excluding hydrogens is 286 g/mol. The highest BCUT2D eigenvalue weighted by atomic mass is 32.2. The molecule has 1 aromatic rings. The number of thioether (sulfide) groups is 1. The topological polar surface area (TPSA) is 62.3 Å². The average molecular weight is 309 g/mol. The zero-order chi connectivity index (χ0) is 15.7. The summed E-state index contributed by atoms with van der Waals surface area (Å²) in [6.45, 7) is 2.30. The molecule has 116 valence electrons. The Kier molecular flexibility index (Phi) is 7.82. The Morgan fingerprint density at radius 2 is 2.05 bits per heavy atom. The molecule has 0 fully saturated rings. The van der Waals surface area contributed by atoms with E-state index >= 15 is 0 Å². The average Bonchev–Trinajstić information content (AvgIpc) is 2.51. The maximum Gasteiger partial charge on any atom is 0.245 e. The number of rotatable bonds is 8. The summed E-state index contributed by atoms with van der Waals surface area (Å²) in [5.74, 6) is 0.693. The quantitative estimate of drug-likeness (QED) is 0.794. The number of likely N-dealkylation sites (N-methyl/N-ethyl adjacent to an activating group) is 1. The molecule has 0 aliphatic carbocycles. The second-order valence-electron chi connectivity index (χ2n) is 4.80. The van der Waals surface area contributed by atoms with Crippen molar-refractivity contribution in [1.29, 1.82) is 0 Å². The van der Waals surface area contributed by atoms with Crippen LogP contribution in [0.2, 0.25) is 0 Å². The molecule has 6 heteroatoms. The van der Waals surface area contributed by atoms with Crippen molar-refractivity contribution in [3.8, 4) is 0 Å². The first-order valence-corrected chi connectivity index (χ1v) is 8.40. The van der Waals surface area contributed by atoms with Gasteiger partial charge in [-0.25, -0.2) is 0 Å². The monoisotopic (exact) mass is 309 g/mol. The molecule has 1 rings (SSSR count). The lowest BCUT2D eigenvalue weighted by Crippen LogP contribution is -2.47. The van der Waals surface area contributed by atoms with Crippen LogP contribution in [0.1, 0.15) is 25.3 Å². The summed E-state index contributed by atoms with van der Waals surface area (Å²) in [4.78, 5) is 29.7. The molecule has 2 amide bonds. The molecule has 1 atom stereocenters. The molecule has 0 bridgehead atoms. The highest BCUT2D eigenvalue weighted by Crippen LogP contribution is 2.07. The maximum atomic E-state index is 12.5. The lowest BCUT2D eigenvalue weighted by molar-refractivity contribution is -0.135. The minimum absolute atomic E-state index is 0.0531. The number of hydrogen-bond donors (Lipinski definition) is 1. The Morgan fingerprint density at radius 1 is 1.38 bits per heavy atom. The highest BCUT2D eigenvalue weighted by Gasteiger charge is 2.23. The fourth-order valence-corrected chi connectivity index (χ4v) is 2.37. The van der Waals surface area contributed by atoms with Crippen LogP contribution in [0.3, 0.4) is 0 Å². The van der Waals surface area contributed by atoms with Gasteiger partial charge in [-0.2, -0.15) is 11.8 Å². The van der Waals surface area contributed by atoms with Crippen molar-refractivity contribution >= 4 is 23.6 Å². The van der Waals surface area contributed by atoms with Crippen LogP contribution in [0.4, 0.5) is 0 Å². The van der Waals surface area contributed by atoms with E-state index in [1.54, 1.807) is 43.0 Å². The summed E-state index contributed by atoms with van der Waals surface area (Å²) in [5, 5.41) is 2.81. The Bertz CT molecular complexity index is 453. The molecule has 0 spiro atoms. The van der Waals surface area contributed by atoms with Gasteiger partial charge in [0.1, 0.15) is 6.04 Å². The predicted molar refractivity (Wildman–Crippen MR) is 85.9 cm³/mol. The first kappa shape index (κ1) is 17.5. The molecular formula is C15H23N3O2S. The van der Waals surface area contributed by atoms with E-state index in [0.717, 1.165) is 11.3 Å². The fourth-order valence-electron chi connectivity index (χ4n) is 1.90. The Hall–Kier alpha value is -1.56. The Balaban J connectivity index is 2.66. The van der Waals surface area contributed by atoms with Crippen molar-refractivity contribution in [2.24, 2.45) is 0 Å². The van der Waals surface area contributed by atoms with Crippen molar-refractivity contribution in [2.75, 3.05) is 19.1 Å². The molecule has 1 aromatic heterocycles. The van der Waals surface area contributed by atoms with Gasteiger partial charge in [-0.15, -0.1) is 0 Å². The van der Waals surface area contributed by atoms with E-state index < -0.39 is 6.04 Å². The minimum atomic E-state index is -0.447. The van der Waals surface area contributed by atoms with Gasteiger partial charge in [-0.3, -0.25) is 14.6 Å². The van der Waals surface area contributed by atoms with E-state index in [0.29, 0.717) is 19.4 Å². The first-order valence-electron chi connectivity index (χ1n) is 7.00. The zero-order valence-electron chi connectivity index (χ0n) is 12.8. The Labute approximate surface area is 130 Å². The number of pyridine rings is 1. The molecule has 0 saturated carbocycles. The SMILES string of the molecule is CCC(=O)N[C@H](CCSC)C(=O)N(C)Cc1ccncc1. The lowest BCUT2D eigenvalue weighted by atomic mass is 10.1. The number of amides is 2. The van der Waals surface area contributed by atoms with Gasteiger partial charge in [0, 0.05) is 32.4 Å². The predicted octanol–water partition coefficient (Wildman–Crippen LogP) is 1.69. The van der Waals surface area contributed by atoms with Gasteiger partial charge in [0.15, 0.2) is 0 Å². The summed E-state index contributed by atoms with van der Waals surface area (Å²) in [6, 6.07) is 3.31. The van der Waals surface area contributed by atoms with Crippen molar-refractivity contribution in [1.82, 2.24) is 15.2 Å². The number of aromatic nitrogens is 1. The number of nitrogens with one attached hydrogen (secondary N) is 1. The molecule has 0 aliphatic heterocycles. The lowest BCUT2D eigenvalue weighted by Gasteiger charge is -2.24. The van der Waals surface area contributed by atoms with Crippen LogP contribution >= 0.6 is 11.8 Å². The van der Waals surface area contributed by atoms with Gasteiger partial charge < -0.3 is 10.2 Å². The summed E-state index contributed by atoms with van der Waals surface area (Å²) in [6.07, 6.45) is 6.43. The molecule has 1 N–H and O–H groups in total.